The average molecular weight is 797 g/mol. The molecule has 0 aliphatic rings. The maximum Gasteiger partial charge on any atom is 0.123 e. The van der Waals surface area contributed by atoms with Crippen LogP contribution in [0.4, 0.5) is 21.5 Å². The predicted octanol–water partition coefficient (Wildman–Crippen LogP) is 15.6. The molecule has 10 aromatic carbocycles. The van der Waals surface area contributed by atoms with E-state index in [1.807, 2.05) is 12.1 Å². The maximum absolute atomic E-state index is 14.0. The second-order valence-electron chi connectivity index (χ2n) is 15.9. The van der Waals surface area contributed by atoms with E-state index in [-0.39, 0.29) is 5.82 Å². The van der Waals surface area contributed by atoms with Crippen LogP contribution < -0.4 is 4.90 Å². The van der Waals surface area contributed by atoms with Gasteiger partial charge < -0.3 is 9.47 Å². The summed E-state index contributed by atoms with van der Waals surface area (Å²) >= 11 is 0. The van der Waals surface area contributed by atoms with Crippen molar-refractivity contribution in [1.29, 1.82) is 0 Å². The molecule has 0 bridgehead atoms. The van der Waals surface area contributed by atoms with Crippen molar-refractivity contribution in [3.63, 3.8) is 0 Å². The zero-order valence-electron chi connectivity index (χ0n) is 33.9. The summed E-state index contributed by atoms with van der Waals surface area (Å²) in [6.45, 7) is 0. The molecular formula is C59H41FN2. The molecule has 0 unspecified atom stereocenters. The molecule has 11 rings (SSSR count). The normalized spacial score (nSPS) is 11.6. The van der Waals surface area contributed by atoms with Crippen LogP contribution in [0.25, 0.3) is 49.4 Å². The number of aromatic nitrogens is 1. The number of anilines is 3. The molecule has 294 valence electrons. The number of para-hydroxylation sites is 1. The van der Waals surface area contributed by atoms with E-state index in [0.717, 1.165) is 55.7 Å². The largest absolute Gasteiger partial charge is 0.310 e. The van der Waals surface area contributed by atoms with Gasteiger partial charge in [-0.1, -0.05) is 170 Å². The Morgan fingerprint density at radius 2 is 0.871 bits per heavy atom. The summed E-state index contributed by atoms with van der Waals surface area (Å²) in [6.07, 6.45) is 0. The third kappa shape index (κ3) is 6.34. The van der Waals surface area contributed by atoms with Crippen molar-refractivity contribution in [2.75, 3.05) is 4.90 Å². The highest BCUT2D eigenvalue weighted by atomic mass is 19.1. The SMILES string of the molecule is Fc1ccc(-n2c3ccccc3c3cc(-c4cccc(N(c5ccc(C(c6ccccc6)(c6ccccc6)c6ccccc6)cc5)c5ccc6ccccc6c5)c4)ccc32)cc1. The zero-order chi connectivity index (χ0) is 41.5. The Morgan fingerprint density at radius 1 is 0.339 bits per heavy atom. The van der Waals surface area contributed by atoms with Gasteiger partial charge in [0, 0.05) is 33.5 Å². The van der Waals surface area contributed by atoms with Crippen LogP contribution >= 0.6 is 0 Å². The lowest BCUT2D eigenvalue weighted by atomic mass is 9.65. The molecule has 0 atom stereocenters. The van der Waals surface area contributed by atoms with Crippen LogP contribution in [0.5, 0.6) is 0 Å². The van der Waals surface area contributed by atoms with Crippen LogP contribution in [0, 0.1) is 5.82 Å². The fourth-order valence-corrected chi connectivity index (χ4v) is 9.53. The van der Waals surface area contributed by atoms with Gasteiger partial charge in [0.25, 0.3) is 0 Å². The number of hydrogen-bond acceptors (Lipinski definition) is 1. The summed E-state index contributed by atoms with van der Waals surface area (Å²) in [5, 5.41) is 4.68. The van der Waals surface area contributed by atoms with Crippen molar-refractivity contribution in [3.8, 4) is 16.8 Å². The van der Waals surface area contributed by atoms with Gasteiger partial charge in [-0.3, -0.25) is 0 Å². The van der Waals surface area contributed by atoms with Gasteiger partial charge in [-0.25, -0.2) is 4.39 Å². The summed E-state index contributed by atoms with van der Waals surface area (Å²) < 4.78 is 16.2. The molecule has 1 heterocycles. The summed E-state index contributed by atoms with van der Waals surface area (Å²) in [5.41, 5.74) is 12.8. The summed E-state index contributed by atoms with van der Waals surface area (Å²) in [5.74, 6) is -0.245. The van der Waals surface area contributed by atoms with Crippen LogP contribution in [-0.4, -0.2) is 4.57 Å². The van der Waals surface area contributed by atoms with Gasteiger partial charge in [0.2, 0.25) is 0 Å². The van der Waals surface area contributed by atoms with Crippen molar-refractivity contribution in [2.24, 2.45) is 0 Å². The Hall–Kier alpha value is -8.01. The van der Waals surface area contributed by atoms with E-state index < -0.39 is 5.41 Å². The highest BCUT2D eigenvalue weighted by Crippen LogP contribution is 2.47. The third-order valence-electron chi connectivity index (χ3n) is 12.4. The van der Waals surface area contributed by atoms with Gasteiger partial charge in [0.15, 0.2) is 0 Å². The molecule has 3 heteroatoms. The molecule has 0 amide bonds. The molecule has 0 fully saturated rings. The quantitative estimate of drug-likeness (QED) is 0.132. The van der Waals surface area contributed by atoms with E-state index in [9.17, 15) is 4.39 Å². The van der Waals surface area contributed by atoms with Crippen LogP contribution in [0.3, 0.4) is 0 Å². The lowest BCUT2D eigenvalue weighted by Crippen LogP contribution is -2.31. The molecule has 0 N–H and O–H groups in total. The molecule has 0 aliphatic carbocycles. The standard InChI is InChI=1S/C59H41FN2/c60-50-31-36-52(37-32-50)62-57-26-13-12-25-55(57)56-41-45(28-38-58(56)62)44-17-14-24-53(40-44)61(54-33-27-42-15-10-11-16-43(42)39-54)51-34-29-49(30-35-51)59(46-18-4-1-5-19-46,47-20-6-2-7-21-47)48-22-8-3-9-23-48/h1-41H. The Labute approximate surface area is 361 Å². The van der Waals surface area contributed by atoms with Gasteiger partial charge >= 0.3 is 0 Å². The second kappa shape index (κ2) is 15.5. The molecule has 11 aromatic rings. The van der Waals surface area contributed by atoms with Crippen molar-refractivity contribution >= 4 is 49.6 Å². The average Bonchev–Trinajstić information content (AvgIpc) is 3.67. The number of fused-ring (bicyclic) bond motifs is 4. The topological polar surface area (TPSA) is 8.17 Å². The maximum atomic E-state index is 14.0. The minimum absolute atomic E-state index is 0.245. The first-order valence-corrected chi connectivity index (χ1v) is 21.1. The minimum Gasteiger partial charge on any atom is -0.310 e. The van der Waals surface area contributed by atoms with E-state index in [1.54, 1.807) is 0 Å². The van der Waals surface area contributed by atoms with E-state index in [1.165, 1.54) is 45.2 Å². The molecule has 0 saturated heterocycles. The number of benzene rings is 10. The van der Waals surface area contributed by atoms with Crippen molar-refractivity contribution < 1.29 is 4.39 Å². The van der Waals surface area contributed by atoms with Gasteiger partial charge in [0.1, 0.15) is 5.82 Å². The Morgan fingerprint density at radius 3 is 1.55 bits per heavy atom. The molecular weight excluding hydrogens is 756 g/mol. The predicted molar refractivity (Wildman–Crippen MR) is 257 cm³/mol. The molecule has 62 heavy (non-hydrogen) atoms. The number of rotatable bonds is 9. The molecule has 0 saturated carbocycles. The van der Waals surface area contributed by atoms with Crippen LogP contribution in [0.2, 0.25) is 0 Å². The van der Waals surface area contributed by atoms with Crippen LogP contribution in [0.1, 0.15) is 22.3 Å². The first-order chi connectivity index (χ1) is 30.6. The Bertz CT molecular complexity index is 3240. The van der Waals surface area contributed by atoms with E-state index in [4.69, 9.17) is 0 Å². The zero-order valence-corrected chi connectivity index (χ0v) is 33.9. The highest BCUT2D eigenvalue weighted by molar-refractivity contribution is 6.10. The first kappa shape index (κ1) is 37.0. The summed E-state index contributed by atoms with van der Waals surface area (Å²) in [7, 11) is 0. The second-order valence-corrected chi connectivity index (χ2v) is 15.9. The fraction of sp³-hybridized carbons (Fsp3) is 0.0169. The van der Waals surface area contributed by atoms with Crippen LogP contribution in [0.15, 0.2) is 249 Å². The van der Waals surface area contributed by atoms with E-state index in [0.29, 0.717) is 0 Å². The molecule has 0 aliphatic heterocycles. The van der Waals surface area contributed by atoms with Crippen LogP contribution in [-0.2, 0) is 5.41 Å². The number of nitrogens with zero attached hydrogens (tertiary/aromatic N) is 2. The lowest BCUT2D eigenvalue weighted by Gasteiger charge is -2.37. The summed E-state index contributed by atoms with van der Waals surface area (Å²) in [6, 6.07) is 87.8. The molecule has 2 nitrogen and oxygen atoms in total. The smallest absolute Gasteiger partial charge is 0.123 e. The minimum atomic E-state index is -0.547. The highest BCUT2D eigenvalue weighted by Gasteiger charge is 2.38. The molecule has 0 spiro atoms. The van der Waals surface area contributed by atoms with Gasteiger partial charge in [-0.15, -0.1) is 0 Å². The Kier molecular flexibility index (Phi) is 9.28. The Balaban J connectivity index is 1.06. The van der Waals surface area contributed by atoms with E-state index in [2.05, 4.69) is 234 Å². The summed E-state index contributed by atoms with van der Waals surface area (Å²) in [4.78, 5) is 2.37. The number of hydrogen-bond donors (Lipinski definition) is 0. The molecule has 0 radical (unpaired) electrons. The fourth-order valence-electron chi connectivity index (χ4n) is 9.53. The van der Waals surface area contributed by atoms with E-state index >= 15 is 0 Å². The van der Waals surface area contributed by atoms with Gasteiger partial charge in [-0.05, 0) is 123 Å². The third-order valence-corrected chi connectivity index (χ3v) is 12.4. The number of halogens is 1. The van der Waals surface area contributed by atoms with Gasteiger partial charge in [0.05, 0.1) is 16.4 Å². The lowest BCUT2D eigenvalue weighted by molar-refractivity contribution is 0.627. The van der Waals surface area contributed by atoms with Crippen molar-refractivity contribution in [3.05, 3.63) is 277 Å². The van der Waals surface area contributed by atoms with Crippen molar-refractivity contribution in [1.82, 2.24) is 4.57 Å². The van der Waals surface area contributed by atoms with Crippen molar-refractivity contribution in [2.45, 2.75) is 5.41 Å². The first-order valence-electron chi connectivity index (χ1n) is 21.1. The van der Waals surface area contributed by atoms with Gasteiger partial charge in [-0.2, -0.15) is 0 Å². The molecule has 1 aromatic heterocycles. The monoisotopic (exact) mass is 796 g/mol.